The molecule has 8 nitrogen and oxygen atoms in total. The molecule has 9 heteroatoms. The first-order valence-electron chi connectivity index (χ1n) is 10.2. The zero-order chi connectivity index (χ0) is 20.2. The topological polar surface area (TPSA) is 96.0 Å². The Bertz CT molecular complexity index is 929. The van der Waals surface area contributed by atoms with Crippen LogP contribution >= 0.6 is 0 Å². The number of fused-ring (bicyclic) bond motifs is 2. The first-order valence-corrected chi connectivity index (χ1v) is 12.1. The normalized spacial score (nSPS) is 27.9. The third-order valence-electron chi connectivity index (χ3n) is 6.17. The molecule has 29 heavy (non-hydrogen) atoms. The summed E-state index contributed by atoms with van der Waals surface area (Å²) in [5.41, 5.74) is 2.03. The number of ether oxygens (including phenoxy) is 1. The minimum absolute atomic E-state index is 0.00526. The van der Waals surface area contributed by atoms with Crippen LogP contribution in [0.1, 0.15) is 29.6 Å². The molecule has 0 aromatic heterocycles. The number of rotatable bonds is 4. The Hall–Kier alpha value is -2.13. The average Bonchev–Trinajstić information content (AvgIpc) is 3.52. The van der Waals surface area contributed by atoms with Gasteiger partial charge in [-0.05, 0) is 31.0 Å². The van der Waals surface area contributed by atoms with E-state index in [1.165, 1.54) is 0 Å². The number of benzene rings is 1. The van der Waals surface area contributed by atoms with Crippen molar-refractivity contribution in [1.29, 1.82) is 0 Å². The van der Waals surface area contributed by atoms with Gasteiger partial charge in [-0.15, -0.1) is 0 Å². The van der Waals surface area contributed by atoms with Gasteiger partial charge in [0, 0.05) is 44.2 Å². The Morgan fingerprint density at radius 2 is 1.72 bits per heavy atom. The lowest BCUT2D eigenvalue weighted by molar-refractivity contribution is -0.133. The summed E-state index contributed by atoms with van der Waals surface area (Å²) in [5.74, 6) is -0.0151. The zero-order valence-corrected chi connectivity index (χ0v) is 17.0. The SMILES string of the molecule is O=C(Nc1ccc(C(=O)N2CCS(=O)(=O)CC2)c(N2CC3CC(C2)O3)c1)C1CC1. The number of amides is 2. The summed E-state index contributed by atoms with van der Waals surface area (Å²) in [6.45, 7) is 1.86. The van der Waals surface area contributed by atoms with Crippen LogP contribution in [0.15, 0.2) is 18.2 Å². The van der Waals surface area contributed by atoms with Gasteiger partial charge in [0.05, 0.1) is 35.0 Å². The summed E-state index contributed by atoms with van der Waals surface area (Å²) in [6, 6.07) is 5.39. The molecule has 1 N–H and O–H groups in total. The summed E-state index contributed by atoms with van der Waals surface area (Å²) in [7, 11) is -3.05. The predicted octanol–water partition coefficient (Wildman–Crippen LogP) is 0.883. The van der Waals surface area contributed by atoms with E-state index in [1.54, 1.807) is 17.0 Å². The van der Waals surface area contributed by atoms with Crippen molar-refractivity contribution in [2.45, 2.75) is 31.5 Å². The van der Waals surface area contributed by atoms with E-state index < -0.39 is 9.84 Å². The van der Waals surface area contributed by atoms with Crippen molar-refractivity contribution in [3.8, 4) is 0 Å². The molecule has 6 rings (SSSR count). The lowest BCUT2D eigenvalue weighted by Crippen LogP contribution is -2.57. The van der Waals surface area contributed by atoms with E-state index in [1.807, 2.05) is 6.07 Å². The van der Waals surface area contributed by atoms with Crippen LogP contribution in [0.3, 0.4) is 0 Å². The molecule has 4 aliphatic heterocycles. The number of carbonyl (C=O) groups excluding carboxylic acids is 2. The van der Waals surface area contributed by atoms with Crippen molar-refractivity contribution in [1.82, 2.24) is 4.90 Å². The van der Waals surface area contributed by atoms with Crippen molar-refractivity contribution in [3.63, 3.8) is 0 Å². The Morgan fingerprint density at radius 1 is 1.07 bits per heavy atom. The molecule has 1 aromatic carbocycles. The van der Waals surface area contributed by atoms with Crippen molar-refractivity contribution >= 4 is 33.0 Å². The van der Waals surface area contributed by atoms with Gasteiger partial charge in [-0.1, -0.05) is 0 Å². The smallest absolute Gasteiger partial charge is 0.256 e. The molecule has 0 radical (unpaired) electrons. The summed E-state index contributed by atoms with van der Waals surface area (Å²) >= 11 is 0. The van der Waals surface area contributed by atoms with Crippen LogP contribution in [-0.2, 0) is 19.4 Å². The standard InChI is InChI=1S/C20H25N3O5S/c24-19(13-1-2-13)21-14-3-4-17(20(25)22-5-7-29(26,27)8-6-22)18(9-14)23-11-15-10-16(12-23)28-15/h3-4,9,13,15-16H,1-2,5-8,10-12H2,(H,21,24). The molecule has 156 valence electrons. The number of anilines is 2. The van der Waals surface area contributed by atoms with Crippen LogP contribution < -0.4 is 10.2 Å². The maximum absolute atomic E-state index is 13.2. The molecule has 1 saturated carbocycles. The summed E-state index contributed by atoms with van der Waals surface area (Å²) in [6.07, 6.45) is 3.27. The number of morpholine rings is 1. The van der Waals surface area contributed by atoms with Gasteiger partial charge in [-0.25, -0.2) is 8.42 Å². The Labute approximate surface area is 170 Å². The van der Waals surface area contributed by atoms with E-state index in [9.17, 15) is 18.0 Å². The first-order chi connectivity index (χ1) is 13.9. The average molecular weight is 420 g/mol. The van der Waals surface area contributed by atoms with Crippen molar-refractivity contribution in [2.24, 2.45) is 5.92 Å². The molecular weight excluding hydrogens is 394 g/mol. The highest BCUT2D eigenvalue weighted by molar-refractivity contribution is 7.91. The Balaban J connectivity index is 1.41. The van der Waals surface area contributed by atoms with Gasteiger partial charge in [0.25, 0.3) is 5.91 Å². The number of piperidine rings is 1. The molecule has 2 atom stereocenters. The molecular formula is C20H25N3O5S. The molecule has 0 spiro atoms. The minimum atomic E-state index is -3.05. The lowest BCUT2D eigenvalue weighted by Gasteiger charge is -2.48. The van der Waals surface area contributed by atoms with Gasteiger partial charge >= 0.3 is 0 Å². The molecule has 5 aliphatic rings. The second-order valence-electron chi connectivity index (χ2n) is 8.46. The lowest BCUT2D eigenvalue weighted by atomic mass is 9.97. The molecule has 4 heterocycles. The number of sulfone groups is 1. The predicted molar refractivity (Wildman–Crippen MR) is 108 cm³/mol. The van der Waals surface area contributed by atoms with Gasteiger partial charge in [-0.2, -0.15) is 0 Å². The summed E-state index contributed by atoms with van der Waals surface area (Å²) in [5, 5.41) is 2.96. The largest absolute Gasteiger partial charge is 0.371 e. The first kappa shape index (κ1) is 18.9. The number of hydrogen-bond donors (Lipinski definition) is 1. The van der Waals surface area contributed by atoms with Crippen LogP contribution in [0.25, 0.3) is 0 Å². The second-order valence-corrected chi connectivity index (χ2v) is 10.8. The molecule has 2 amide bonds. The van der Waals surface area contributed by atoms with E-state index in [0.29, 0.717) is 24.3 Å². The van der Waals surface area contributed by atoms with Crippen molar-refractivity contribution in [3.05, 3.63) is 23.8 Å². The maximum Gasteiger partial charge on any atom is 0.256 e. The highest BCUT2D eigenvalue weighted by atomic mass is 32.2. The summed E-state index contributed by atoms with van der Waals surface area (Å²) < 4.78 is 29.2. The number of carbonyl (C=O) groups is 2. The van der Waals surface area contributed by atoms with Crippen molar-refractivity contribution < 1.29 is 22.7 Å². The van der Waals surface area contributed by atoms with Crippen LogP contribution in [0.5, 0.6) is 0 Å². The van der Waals surface area contributed by atoms with E-state index in [2.05, 4.69) is 10.2 Å². The third-order valence-corrected chi connectivity index (χ3v) is 7.78. The zero-order valence-electron chi connectivity index (χ0n) is 16.2. The molecule has 5 fully saturated rings. The van der Waals surface area contributed by atoms with Gasteiger partial charge in [-0.3, -0.25) is 9.59 Å². The molecule has 1 aromatic rings. The highest BCUT2D eigenvalue weighted by Crippen LogP contribution is 2.36. The number of nitrogens with zero attached hydrogens (tertiary/aromatic N) is 2. The van der Waals surface area contributed by atoms with E-state index in [-0.39, 0.29) is 54.5 Å². The van der Waals surface area contributed by atoms with Gasteiger partial charge < -0.3 is 19.9 Å². The minimum Gasteiger partial charge on any atom is -0.371 e. The number of nitrogens with one attached hydrogen (secondary N) is 1. The van der Waals surface area contributed by atoms with E-state index in [4.69, 9.17) is 4.74 Å². The van der Waals surface area contributed by atoms with Crippen molar-refractivity contribution in [2.75, 3.05) is 47.9 Å². The molecule has 1 aliphatic carbocycles. The molecule has 2 unspecified atom stereocenters. The van der Waals surface area contributed by atoms with Crippen LogP contribution in [0.4, 0.5) is 11.4 Å². The molecule has 4 saturated heterocycles. The van der Waals surface area contributed by atoms with Crippen LogP contribution in [0, 0.1) is 5.92 Å². The van der Waals surface area contributed by atoms with Crippen LogP contribution in [0.2, 0.25) is 0 Å². The maximum atomic E-state index is 13.2. The van der Waals surface area contributed by atoms with Crippen LogP contribution in [-0.4, -0.2) is 75.0 Å². The van der Waals surface area contributed by atoms with E-state index in [0.717, 1.165) is 24.9 Å². The van der Waals surface area contributed by atoms with E-state index >= 15 is 0 Å². The second kappa shape index (κ2) is 6.98. The fourth-order valence-electron chi connectivity index (χ4n) is 4.28. The monoisotopic (exact) mass is 419 g/mol. The fourth-order valence-corrected chi connectivity index (χ4v) is 5.48. The van der Waals surface area contributed by atoms with Gasteiger partial charge in [0.2, 0.25) is 5.91 Å². The van der Waals surface area contributed by atoms with Gasteiger partial charge in [0.1, 0.15) is 0 Å². The Morgan fingerprint density at radius 3 is 2.34 bits per heavy atom. The van der Waals surface area contributed by atoms with Gasteiger partial charge in [0.15, 0.2) is 9.84 Å². The molecule has 2 bridgehead atoms. The Kier molecular flexibility index (Phi) is 4.54. The fraction of sp³-hybridized carbons (Fsp3) is 0.600. The summed E-state index contributed by atoms with van der Waals surface area (Å²) in [4.78, 5) is 29.1. The highest BCUT2D eigenvalue weighted by Gasteiger charge is 2.40. The number of hydrogen-bond acceptors (Lipinski definition) is 6. The third kappa shape index (κ3) is 3.85. The quantitative estimate of drug-likeness (QED) is 0.779.